The molecule has 0 atom stereocenters. The number of amides is 2. The number of nitrogens with one attached hydrogen (secondary N) is 3. The third-order valence-corrected chi connectivity index (χ3v) is 5.38. The number of thiocarbonyl (C=S) groups is 1. The highest BCUT2D eigenvalue weighted by molar-refractivity contribution is 9.11. The Kier molecular flexibility index (Phi) is 9.73. The number of hydrogen-bond donors (Lipinski definition) is 3. The van der Waals surface area contributed by atoms with Crippen LogP contribution in [0, 0.1) is 6.92 Å². The summed E-state index contributed by atoms with van der Waals surface area (Å²) in [4.78, 5) is 24.6. The van der Waals surface area contributed by atoms with Crippen molar-refractivity contribution in [3.63, 3.8) is 0 Å². The van der Waals surface area contributed by atoms with Gasteiger partial charge in [0.05, 0.1) is 16.1 Å². The van der Waals surface area contributed by atoms with Gasteiger partial charge in [0.15, 0.2) is 11.7 Å². The van der Waals surface area contributed by atoms with Crippen LogP contribution in [0.15, 0.2) is 43.7 Å². The van der Waals surface area contributed by atoms with Crippen LogP contribution in [-0.4, -0.2) is 29.6 Å². The highest BCUT2D eigenvalue weighted by atomic mass is 79.9. The summed E-state index contributed by atoms with van der Waals surface area (Å²) in [6.45, 7) is 5.34. The van der Waals surface area contributed by atoms with E-state index in [-0.39, 0.29) is 17.8 Å². The minimum absolute atomic E-state index is 0.0742. The lowest BCUT2D eigenvalue weighted by atomic mass is 10.2. The summed E-state index contributed by atoms with van der Waals surface area (Å²) in [5.41, 5.74) is 6.03. The van der Waals surface area contributed by atoms with E-state index >= 15 is 0 Å². The van der Waals surface area contributed by atoms with Crippen molar-refractivity contribution in [2.24, 2.45) is 0 Å². The van der Waals surface area contributed by atoms with Gasteiger partial charge in [-0.1, -0.05) is 31.9 Å². The molecule has 0 heterocycles. The molecule has 11 heteroatoms. The van der Waals surface area contributed by atoms with Crippen LogP contribution in [0.3, 0.4) is 0 Å². The fraction of sp³-hybridized carbons (Fsp3) is 0.250. The van der Waals surface area contributed by atoms with Crippen molar-refractivity contribution >= 4 is 76.9 Å². The van der Waals surface area contributed by atoms with Crippen molar-refractivity contribution in [2.45, 2.75) is 26.9 Å². The van der Waals surface area contributed by atoms with Gasteiger partial charge >= 0.3 is 0 Å². The Balaban J connectivity index is 1.89. The molecular formula is C20H20Br3N3O4S. The zero-order valence-electron chi connectivity index (χ0n) is 16.8. The first-order chi connectivity index (χ1) is 14.6. The number of ether oxygens (including phenoxy) is 2. The van der Waals surface area contributed by atoms with E-state index in [1.165, 1.54) is 0 Å². The fourth-order valence-electron chi connectivity index (χ4n) is 2.41. The first-order valence-corrected chi connectivity index (χ1v) is 11.8. The van der Waals surface area contributed by atoms with Gasteiger partial charge < -0.3 is 9.47 Å². The smallest absolute Gasteiger partial charge is 0.276 e. The maximum absolute atomic E-state index is 12.6. The topological polar surface area (TPSA) is 88.7 Å². The first kappa shape index (κ1) is 25.6. The Hall–Kier alpha value is -1.69. The number of aryl methyl sites for hydroxylation is 1. The second kappa shape index (κ2) is 11.8. The van der Waals surface area contributed by atoms with Crippen molar-refractivity contribution in [1.82, 2.24) is 16.2 Å². The van der Waals surface area contributed by atoms with Crippen LogP contribution >= 0.6 is 60.0 Å². The van der Waals surface area contributed by atoms with Crippen molar-refractivity contribution in [1.29, 1.82) is 0 Å². The Morgan fingerprint density at radius 2 is 1.77 bits per heavy atom. The summed E-state index contributed by atoms with van der Waals surface area (Å²) < 4.78 is 13.6. The average Bonchev–Trinajstić information content (AvgIpc) is 2.66. The highest BCUT2D eigenvalue weighted by Crippen LogP contribution is 2.32. The van der Waals surface area contributed by atoms with Crippen molar-refractivity contribution in [3.8, 4) is 11.5 Å². The maximum Gasteiger partial charge on any atom is 0.276 e. The normalized spacial score (nSPS) is 10.4. The van der Waals surface area contributed by atoms with Gasteiger partial charge in [-0.05, 0) is 84.8 Å². The third kappa shape index (κ3) is 8.06. The maximum atomic E-state index is 12.6. The molecule has 0 radical (unpaired) electrons. The number of halogens is 3. The number of hydrazine groups is 1. The highest BCUT2D eigenvalue weighted by Gasteiger charge is 2.16. The van der Waals surface area contributed by atoms with Gasteiger partial charge in [-0.3, -0.25) is 25.8 Å². The molecule has 166 valence electrons. The fourth-order valence-corrected chi connectivity index (χ4v) is 4.47. The van der Waals surface area contributed by atoms with Gasteiger partial charge in [0.1, 0.15) is 11.5 Å². The molecular weight excluding hydrogens is 618 g/mol. The van der Waals surface area contributed by atoms with Crippen LogP contribution in [0.2, 0.25) is 0 Å². The summed E-state index contributed by atoms with van der Waals surface area (Å²) in [6.07, 6.45) is -0.105. The van der Waals surface area contributed by atoms with Crippen molar-refractivity contribution < 1.29 is 19.1 Å². The van der Waals surface area contributed by atoms with E-state index in [4.69, 9.17) is 21.7 Å². The molecule has 0 aliphatic heterocycles. The summed E-state index contributed by atoms with van der Waals surface area (Å²) in [5.74, 6) is 0.0272. The van der Waals surface area contributed by atoms with Gasteiger partial charge in [-0.2, -0.15) is 0 Å². The van der Waals surface area contributed by atoms with Crippen molar-refractivity contribution in [3.05, 3.63) is 54.9 Å². The molecule has 7 nitrogen and oxygen atoms in total. The number of benzene rings is 2. The molecule has 2 rings (SSSR count). The summed E-state index contributed by atoms with van der Waals surface area (Å²) in [7, 11) is 0. The minimum atomic E-state index is -0.477. The zero-order chi connectivity index (χ0) is 23.1. The predicted molar refractivity (Wildman–Crippen MR) is 133 cm³/mol. The summed E-state index contributed by atoms with van der Waals surface area (Å²) in [6, 6.07) is 8.79. The third-order valence-electron chi connectivity index (χ3n) is 3.63. The van der Waals surface area contributed by atoms with E-state index in [9.17, 15) is 9.59 Å². The predicted octanol–water partition coefficient (Wildman–Crippen LogP) is 4.78. The van der Waals surface area contributed by atoms with Crippen LogP contribution in [0.1, 0.15) is 29.8 Å². The lowest BCUT2D eigenvalue weighted by Crippen LogP contribution is -2.49. The molecule has 0 saturated heterocycles. The quantitative estimate of drug-likeness (QED) is 0.312. The second-order valence-electron chi connectivity index (χ2n) is 6.59. The molecule has 0 bridgehead atoms. The summed E-state index contributed by atoms with van der Waals surface area (Å²) in [5, 5.41) is 2.43. The van der Waals surface area contributed by atoms with Gasteiger partial charge in [-0.25, -0.2) is 0 Å². The van der Waals surface area contributed by atoms with Crippen LogP contribution in [0.4, 0.5) is 0 Å². The average molecular weight is 638 g/mol. The van der Waals surface area contributed by atoms with Crippen molar-refractivity contribution in [2.75, 3.05) is 6.61 Å². The molecule has 0 aliphatic carbocycles. The first-order valence-electron chi connectivity index (χ1n) is 9.01. The molecule has 2 amide bonds. The second-order valence-corrected chi connectivity index (χ2v) is 9.68. The molecule has 0 unspecified atom stereocenters. The van der Waals surface area contributed by atoms with Crippen LogP contribution in [0.25, 0.3) is 0 Å². The van der Waals surface area contributed by atoms with Gasteiger partial charge in [0.2, 0.25) is 0 Å². The van der Waals surface area contributed by atoms with E-state index in [1.54, 1.807) is 18.2 Å². The molecule has 0 aromatic heterocycles. The Morgan fingerprint density at radius 3 is 2.42 bits per heavy atom. The van der Waals surface area contributed by atoms with E-state index in [0.717, 1.165) is 14.5 Å². The Bertz CT molecular complexity index is 979. The molecule has 0 fully saturated rings. The molecule has 2 aromatic rings. The number of rotatable bonds is 6. The molecule has 0 spiro atoms. The minimum Gasteiger partial charge on any atom is -0.490 e. The Labute approximate surface area is 211 Å². The standard InChI is InChI=1S/C20H20Br3N3O4S/c1-10(2)30-16-5-4-12(21)7-14(16)19(28)24-20(31)26-25-17(27)9-29-18-11(3)6-13(22)8-15(18)23/h4-8,10H,9H2,1-3H3,(H,25,27)(H2,24,26,28,31). The van der Waals surface area contributed by atoms with Gasteiger partial charge in [-0.15, -0.1) is 0 Å². The lowest BCUT2D eigenvalue weighted by Gasteiger charge is -2.16. The molecule has 3 N–H and O–H groups in total. The van der Waals surface area contributed by atoms with Gasteiger partial charge in [0.25, 0.3) is 11.8 Å². The van der Waals surface area contributed by atoms with E-state index in [0.29, 0.717) is 21.5 Å². The number of carbonyl (C=O) groups is 2. The monoisotopic (exact) mass is 635 g/mol. The van der Waals surface area contributed by atoms with E-state index in [1.807, 2.05) is 32.9 Å². The number of carbonyl (C=O) groups excluding carboxylic acids is 2. The largest absolute Gasteiger partial charge is 0.490 e. The molecule has 2 aromatic carbocycles. The Morgan fingerprint density at radius 1 is 1.06 bits per heavy atom. The summed E-state index contributed by atoms with van der Waals surface area (Å²) >= 11 is 15.2. The van der Waals surface area contributed by atoms with E-state index < -0.39 is 11.8 Å². The number of hydrogen-bond acceptors (Lipinski definition) is 5. The lowest BCUT2D eigenvalue weighted by molar-refractivity contribution is -0.123. The zero-order valence-corrected chi connectivity index (χ0v) is 22.4. The molecule has 0 saturated carbocycles. The molecule has 0 aliphatic rings. The SMILES string of the molecule is Cc1cc(Br)cc(Br)c1OCC(=O)NNC(=S)NC(=O)c1cc(Br)ccc1OC(C)C. The van der Waals surface area contributed by atoms with Crippen LogP contribution in [-0.2, 0) is 4.79 Å². The molecule has 31 heavy (non-hydrogen) atoms. The van der Waals surface area contributed by atoms with Gasteiger partial charge in [0, 0.05) is 8.95 Å². The van der Waals surface area contributed by atoms with Crippen LogP contribution < -0.4 is 25.6 Å². The van der Waals surface area contributed by atoms with E-state index in [2.05, 4.69) is 64.0 Å². The van der Waals surface area contributed by atoms with Crippen LogP contribution in [0.5, 0.6) is 11.5 Å².